The number of hydrogen-bond acceptors (Lipinski definition) is 12. The van der Waals surface area contributed by atoms with Crippen molar-refractivity contribution in [1.82, 2.24) is 19.8 Å². The maximum absolute atomic E-state index is 9.87. The molecule has 2 aromatic carbocycles. The largest absolute Gasteiger partial charge is 0.481 e. The molecule has 0 spiro atoms. The summed E-state index contributed by atoms with van der Waals surface area (Å²) in [7, 11) is 3.07. The van der Waals surface area contributed by atoms with Gasteiger partial charge in [-0.25, -0.2) is 0 Å². The first-order valence-corrected chi connectivity index (χ1v) is 16.9. The Bertz CT molecular complexity index is 1650. The minimum atomic E-state index is -0.770. The van der Waals surface area contributed by atoms with E-state index in [0.29, 0.717) is 72.8 Å². The van der Waals surface area contributed by atoms with Crippen LogP contribution in [0, 0.1) is 0 Å². The van der Waals surface area contributed by atoms with Crippen LogP contribution in [-0.2, 0) is 26.3 Å². The number of pyridine rings is 2. The third kappa shape index (κ3) is 8.25. The SMILES string of the molecule is COc1nc(OCc2cccc(-c3cccc(COc4ccc(CN5CC(O)[C@@H](O)C5)c(OC)n4)c3Cl)c2Cl)ccc1CN1CC(O)[C@@H](O)C1. The fraction of sp³-hybridized carbons (Fsp3) is 0.389. The molecule has 0 bridgehead atoms. The molecule has 2 aliphatic rings. The molecular weight excluding hydrogens is 687 g/mol. The summed E-state index contributed by atoms with van der Waals surface area (Å²) in [6.07, 6.45) is -3.08. The number of halogens is 2. The molecule has 14 heteroatoms. The van der Waals surface area contributed by atoms with Gasteiger partial charge in [0.2, 0.25) is 23.5 Å². The number of nitrogens with zero attached hydrogens (tertiary/aromatic N) is 4. The summed E-state index contributed by atoms with van der Waals surface area (Å²) < 4.78 is 23.0. The molecule has 4 aromatic rings. The summed E-state index contributed by atoms with van der Waals surface area (Å²) >= 11 is 13.8. The number of methoxy groups -OCH3 is 2. The van der Waals surface area contributed by atoms with E-state index < -0.39 is 24.4 Å². The normalized spacial score (nSPS) is 21.0. The summed E-state index contributed by atoms with van der Waals surface area (Å²) in [5.74, 6) is 1.52. The van der Waals surface area contributed by atoms with E-state index >= 15 is 0 Å². The number of ether oxygens (including phenoxy) is 4. The molecular formula is C36H40Cl2N4O8. The highest BCUT2D eigenvalue weighted by Gasteiger charge is 2.31. The number of likely N-dealkylation sites (tertiary alicyclic amines) is 2. The molecule has 0 aliphatic carbocycles. The van der Waals surface area contributed by atoms with Crippen LogP contribution in [0.1, 0.15) is 22.3 Å². The van der Waals surface area contributed by atoms with Crippen molar-refractivity contribution in [2.75, 3.05) is 40.4 Å². The van der Waals surface area contributed by atoms with E-state index in [1.807, 2.05) is 58.3 Å². The second-order valence-electron chi connectivity index (χ2n) is 12.4. The van der Waals surface area contributed by atoms with Gasteiger partial charge in [0.1, 0.15) is 13.2 Å². The van der Waals surface area contributed by atoms with Crippen LogP contribution >= 0.6 is 23.2 Å². The maximum Gasteiger partial charge on any atom is 0.220 e. The Morgan fingerprint density at radius 2 is 0.960 bits per heavy atom. The van der Waals surface area contributed by atoms with Gasteiger partial charge in [0.15, 0.2) is 0 Å². The van der Waals surface area contributed by atoms with E-state index in [0.717, 1.165) is 33.4 Å². The van der Waals surface area contributed by atoms with Gasteiger partial charge in [-0.15, -0.1) is 0 Å². The fourth-order valence-corrected chi connectivity index (χ4v) is 6.76. The minimum Gasteiger partial charge on any atom is -0.481 e. The number of benzene rings is 2. The van der Waals surface area contributed by atoms with Crippen LogP contribution in [0.3, 0.4) is 0 Å². The highest BCUT2D eigenvalue weighted by Crippen LogP contribution is 2.38. The van der Waals surface area contributed by atoms with Crippen molar-refractivity contribution < 1.29 is 39.4 Å². The molecule has 2 fully saturated rings. The topological polar surface area (TPSA) is 150 Å². The van der Waals surface area contributed by atoms with Crippen molar-refractivity contribution in [3.8, 4) is 34.6 Å². The third-order valence-corrected chi connectivity index (χ3v) is 9.76. The second-order valence-corrected chi connectivity index (χ2v) is 13.2. The standard InChI is InChI=1S/C36H40Cl2N4O8/c1-47-35-21(13-41-15-27(43)28(44)16-41)9-11-31(39-35)49-19-23-5-3-7-25(33(23)37)26-8-4-6-24(34(26)38)20-50-32-12-10-22(36(40-32)48-2)14-42-17-29(45)30(46)18-42/h3-12,27-30,43-46H,13-20H2,1-2H3/t27-,28?,29-,30?/m0/s1. The van der Waals surface area contributed by atoms with E-state index in [9.17, 15) is 20.4 Å². The van der Waals surface area contributed by atoms with Gasteiger partial charge in [-0.3, -0.25) is 9.80 Å². The Hall–Kier alpha value is -3.72. The number of β-amino-alcohol motifs (C(OH)–C–C–N with tert-alkyl or cyclic N) is 4. The van der Waals surface area contributed by atoms with Gasteiger partial charge in [0.05, 0.1) is 48.7 Å². The molecule has 0 saturated carbocycles. The Balaban J connectivity index is 1.11. The van der Waals surface area contributed by atoms with Crippen LogP contribution in [0.4, 0.5) is 0 Å². The number of aliphatic hydroxyl groups is 4. The Kier molecular flexibility index (Phi) is 11.6. The first-order chi connectivity index (χ1) is 24.1. The number of hydrogen-bond donors (Lipinski definition) is 4. The van der Waals surface area contributed by atoms with Gasteiger partial charge in [0, 0.05) is 84.8 Å². The van der Waals surface area contributed by atoms with Crippen LogP contribution in [0.5, 0.6) is 23.5 Å². The quantitative estimate of drug-likeness (QED) is 0.159. The Labute approximate surface area is 300 Å². The van der Waals surface area contributed by atoms with Crippen molar-refractivity contribution in [3.05, 3.63) is 93.0 Å². The highest BCUT2D eigenvalue weighted by atomic mass is 35.5. The monoisotopic (exact) mass is 726 g/mol. The first-order valence-electron chi connectivity index (χ1n) is 16.2. The van der Waals surface area contributed by atoms with Gasteiger partial charge < -0.3 is 39.4 Å². The van der Waals surface area contributed by atoms with E-state index in [1.165, 1.54) is 14.2 Å². The number of aromatic nitrogens is 2. The zero-order valence-electron chi connectivity index (χ0n) is 27.7. The molecule has 12 nitrogen and oxygen atoms in total. The summed E-state index contributed by atoms with van der Waals surface area (Å²) in [6.45, 7) is 2.73. The molecule has 0 amide bonds. The average molecular weight is 728 g/mol. The average Bonchev–Trinajstić information content (AvgIpc) is 3.61. The summed E-state index contributed by atoms with van der Waals surface area (Å²) in [5.41, 5.74) is 4.56. The van der Waals surface area contributed by atoms with Crippen molar-refractivity contribution in [2.24, 2.45) is 0 Å². The van der Waals surface area contributed by atoms with E-state index in [-0.39, 0.29) is 13.2 Å². The molecule has 2 aliphatic heterocycles. The molecule has 50 heavy (non-hydrogen) atoms. The fourth-order valence-electron chi connectivity index (χ4n) is 6.20. The summed E-state index contributed by atoms with van der Waals surface area (Å²) in [5, 5.41) is 40.5. The molecule has 4 heterocycles. The molecule has 4 atom stereocenters. The first kappa shape index (κ1) is 36.1. The lowest BCUT2D eigenvalue weighted by molar-refractivity contribution is 0.0572. The second kappa shape index (κ2) is 16.1. The van der Waals surface area contributed by atoms with Gasteiger partial charge in [-0.05, 0) is 12.1 Å². The molecule has 2 saturated heterocycles. The molecule has 4 N–H and O–H groups in total. The third-order valence-electron chi connectivity index (χ3n) is 8.87. The number of aliphatic hydroxyl groups excluding tert-OH is 4. The lowest BCUT2D eigenvalue weighted by Crippen LogP contribution is -2.22. The van der Waals surface area contributed by atoms with Gasteiger partial charge in [-0.1, -0.05) is 59.6 Å². The van der Waals surface area contributed by atoms with Crippen LogP contribution in [0.15, 0.2) is 60.7 Å². The van der Waals surface area contributed by atoms with Gasteiger partial charge in [0.25, 0.3) is 0 Å². The van der Waals surface area contributed by atoms with Gasteiger partial charge in [-0.2, -0.15) is 9.97 Å². The Morgan fingerprint density at radius 3 is 1.32 bits per heavy atom. The van der Waals surface area contributed by atoms with E-state index in [1.54, 1.807) is 12.1 Å². The molecule has 2 aromatic heterocycles. The summed E-state index contributed by atoms with van der Waals surface area (Å²) in [6, 6.07) is 18.5. The molecule has 6 rings (SSSR count). The molecule has 266 valence electrons. The number of rotatable bonds is 13. The lowest BCUT2D eigenvalue weighted by Gasteiger charge is -2.17. The molecule has 0 radical (unpaired) electrons. The zero-order chi connectivity index (χ0) is 35.4. The minimum absolute atomic E-state index is 0.148. The molecule has 2 unspecified atom stereocenters. The van der Waals surface area contributed by atoms with Crippen LogP contribution in [0.2, 0.25) is 10.0 Å². The van der Waals surface area contributed by atoms with E-state index in [2.05, 4.69) is 9.97 Å². The van der Waals surface area contributed by atoms with Crippen LogP contribution in [0.25, 0.3) is 11.1 Å². The zero-order valence-corrected chi connectivity index (χ0v) is 29.2. The smallest absolute Gasteiger partial charge is 0.220 e. The predicted octanol–water partition coefficient (Wildman–Crippen LogP) is 3.70. The van der Waals surface area contributed by atoms with E-state index in [4.69, 9.17) is 42.1 Å². The van der Waals surface area contributed by atoms with Crippen LogP contribution < -0.4 is 18.9 Å². The lowest BCUT2D eigenvalue weighted by atomic mass is 10.0. The predicted molar refractivity (Wildman–Crippen MR) is 187 cm³/mol. The van der Waals surface area contributed by atoms with Crippen molar-refractivity contribution in [1.29, 1.82) is 0 Å². The van der Waals surface area contributed by atoms with Crippen molar-refractivity contribution >= 4 is 23.2 Å². The maximum atomic E-state index is 9.87. The van der Waals surface area contributed by atoms with Gasteiger partial charge >= 0.3 is 0 Å². The Morgan fingerprint density at radius 1 is 0.580 bits per heavy atom. The van der Waals surface area contributed by atoms with Crippen LogP contribution in [-0.4, -0.2) is 105 Å². The van der Waals surface area contributed by atoms with Crippen molar-refractivity contribution in [2.45, 2.75) is 50.7 Å². The summed E-state index contributed by atoms with van der Waals surface area (Å²) in [4.78, 5) is 12.9. The van der Waals surface area contributed by atoms with Crippen molar-refractivity contribution in [3.63, 3.8) is 0 Å². The highest BCUT2D eigenvalue weighted by molar-refractivity contribution is 6.37.